The van der Waals surface area contributed by atoms with Crippen LogP contribution in [0.25, 0.3) is 5.03 Å². The first-order chi connectivity index (χ1) is 5.34. The van der Waals surface area contributed by atoms with E-state index in [1.54, 1.807) is 7.11 Å². The van der Waals surface area contributed by atoms with Gasteiger partial charge in [-0.2, -0.15) is 0 Å². The molecule has 0 fully saturated rings. The molecule has 0 radical (unpaired) electrons. The molecule has 58 valence electrons. The van der Waals surface area contributed by atoms with Crippen LogP contribution < -0.4 is 0 Å². The monoisotopic (exact) mass is 168 g/mol. The maximum atomic E-state index is 5.84. The topological polar surface area (TPSA) is 9.23 Å². The molecule has 1 aromatic carbocycles. The van der Waals surface area contributed by atoms with Crippen LogP contribution in [0.3, 0.4) is 0 Å². The molecule has 0 aromatic heterocycles. The molecule has 11 heavy (non-hydrogen) atoms. The number of halogens is 1. The van der Waals surface area contributed by atoms with Crippen molar-refractivity contribution < 1.29 is 4.74 Å². The normalized spacial score (nSPS) is 11.3. The largest absolute Gasteiger partial charge is 0.503 e. The third-order valence-corrected chi connectivity index (χ3v) is 1.58. The number of methoxy groups -OCH3 is 1. The summed E-state index contributed by atoms with van der Waals surface area (Å²) in [5.74, 6) is 0. The Balaban J connectivity index is 2.85. The molecule has 0 aliphatic heterocycles. The Morgan fingerprint density at radius 3 is 2.55 bits per heavy atom. The molecule has 0 unspecified atom stereocenters. The second kappa shape index (κ2) is 4.04. The van der Waals surface area contributed by atoms with E-state index in [0.717, 1.165) is 5.56 Å². The van der Waals surface area contributed by atoms with E-state index >= 15 is 0 Å². The summed E-state index contributed by atoms with van der Waals surface area (Å²) in [4.78, 5) is 0. The summed E-state index contributed by atoms with van der Waals surface area (Å²) < 4.78 is 4.76. The van der Waals surface area contributed by atoms with Crippen molar-refractivity contribution in [3.05, 3.63) is 42.2 Å². The van der Waals surface area contributed by atoms with Crippen molar-refractivity contribution in [2.24, 2.45) is 0 Å². The van der Waals surface area contributed by atoms with Gasteiger partial charge in [-0.1, -0.05) is 41.9 Å². The lowest BCUT2D eigenvalue weighted by atomic mass is 10.2. The molecule has 0 heterocycles. The van der Waals surface area contributed by atoms with Crippen LogP contribution in [0.15, 0.2) is 36.6 Å². The highest BCUT2D eigenvalue weighted by atomic mass is 35.5. The minimum absolute atomic E-state index is 0.619. The van der Waals surface area contributed by atoms with Gasteiger partial charge in [0, 0.05) is 0 Å². The predicted molar refractivity (Wildman–Crippen MR) is 47.3 cm³/mol. The highest BCUT2D eigenvalue weighted by molar-refractivity contribution is 6.48. The van der Waals surface area contributed by atoms with Crippen LogP contribution in [-0.2, 0) is 4.74 Å². The van der Waals surface area contributed by atoms with Gasteiger partial charge in [-0.05, 0) is 5.56 Å². The third kappa shape index (κ3) is 2.28. The first-order valence-electron chi connectivity index (χ1n) is 3.28. The molecule has 0 aliphatic carbocycles. The van der Waals surface area contributed by atoms with Crippen molar-refractivity contribution >= 4 is 16.6 Å². The lowest BCUT2D eigenvalue weighted by Crippen LogP contribution is -1.76. The van der Waals surface area contributed by atoms with Crippen LogP contribution >= 0.6 is 11.6 Å². The standard InChI is InChI=1S/C9H9ClO/c1-11-7-9(10)8-5-3-2-4-6-8/h2-7H,1H3/b9-7-. The third-order valence-electron chi connectivity index (χ3n) is 1.27. The fraction of sp³-hybridized carbons (Fsp3) is 0.111. The molecule has 1 rings (SSSR count). The summed E-state index contributed by atoms with van der Waals surface area (Å²) in [6, 6.07) is 9.67. The fourth-order valence-electron chi connectivity index (χ4n) is 0.769. The maximum Gasteiger partial charge on any atom is 0.102 e. The van der Waals surface area contributed by atoms with E-state index in [4.69, 9.17) is 16.3 Å². The maximum absolute atomic E-state index is 5.84. The molecule has 1 nitrogen and oxygen atoms in total. The highest BCUT2D eigenvalue weighted by Gasteiger charge is 1.94. The van der Waals surface area contributed by atoms with Gasteiger partial charge in [0.25, 0.3) is 0 Å². The minimum atomic E-state index is 0.619. The summed E-state index contributed by atoms with van der Waals surface area (Å²) in [7, 11) is 1.57. The van der Waals surface area contributed by atoms with E-state index in [-0.39, 0.29) is 0 Å². The Morgan fingerprint density at radius 2 is 2.00 bits per heavy atom. The quantitative estimate of drug-likeness (QED) is 0.617. The number of benzene rings is 1. The van der Waals surface area contributed by atoms with Crippen molar-refractivity contribution in [2.45, 2.75) is 0 Å². The van der Waals surface area contributed by atoms with Crippen LogP contribution in [0.4, 0.5) is 0 Å². The zero-order chi connectivity index (χ0) is 8.10. The van der Waals surface area contributed by atoms with Gasteiger partial charge >= 0.3 is 0 Å². The highest BCUT2D eigenvalue weighted by Crippen LogP contribution is 2.17. The smallest absolute Gasteiger partial charge is 0.102 e. The molecule has 0 amide bonds. The Kier molecular flexibility index (Phi) is 2.99. The van der Waals surface area contributed by atoms with Crippen molar-refractivity contribution in [1.29, 1.82) is 0 Å². The summed E-state index contributed by atoms with van der Waals surface area (Å²) in [6.45, 7) is 0. The Bertz CT molecular complexity index is 241. The molecular formula is C9H9ClO. The molecule has 0 N–H and O–H groups in total. The van der Waals surface area contributed by atoms with Gasteiger partial charge in [0.15, 0.2) is 0 Å². The van der Waals surface area contributed by atoms with E-state index < -0.39 is 0 Å². The Labute approximate surface area is 71.3 Å². The molecule has 0 bridgehead atoms. The molecule has 0 aliphatic rings. The van der Waals surface area contributed by atoms with Gasteiger partial charge in [0.2, 0.25) is 0 Å². The van der Waals surface area contributed by atoms with E-state index in [9.17, 15) is 0 Å². The van der Waals surface area contributed by atoms with Gasteiger partial charge in [0.1, 0.15) is 6.26 Å². The van der Waals surface area contributed by atoms with Gasteiger partial charge in [-0.15, -0.1) is 0 Å². The minimum Gasteiger partial charge on any atom is -0.503 e. The number of hydrogen-bond acceptors (Lipinski definition) is 1. The number of rotatable bonds is 2. The molecule has 0 atom stereocenters. The van der Waals surface area contributed by atoms with Gasteiger partial charge in [-0.3, -0.25) is 0 Å². The van der Waals surface area contributed by atoms with Crippen LogP contribution in [-0.4, -0.2) is 7.11 Å². The zero-order valence-corrected chi connectivity index (χ0v) is 7.01. The van der Waals surface area contributed by atoms with Crippen LogP contribution in [0, 0.1) is 0 Å². The Hall–Kier alpha value is -0.950. The van der Waals surface area contributed by atoms with Gasteiger partial charge < -0.3 is 4.74 Å². The van der Waals surface area contributed by atoms with E-state index in [0.29, 0.717) is 5.03 Å². The van der Waals surface area contributed by atoms with E-state index in [2.05, 4.69) is 0 Å². The van der Waals surface area contributed by atoms with Crippen LogP contribution in [0.2, 0.25) is 0 Å². The molecular weight excluding hydrogens is 160 g/mol. The van der Waals surface area contributed by atoms with Gasteiger partial charge in [-0.25, -0.2) is 0 Å². The van der Waals surface area contributed by atoms with E-state index in [1.807, 2.05) is 30.3 Å². The first kappa shape index (κ1) is 8.15. The summed E-state index contributed by atoms with van der Waals surface area (Å²) in [5.41, 5.74) is 0.969. The van der Waals surface area contributed by atoms with Crippen molar-refractivity contribution in [3.8, 4) is 0 Å². The van der Waals surface area contributed by atoms with Crippen molar-refractivity contribution in [3.63, 3.8) is 0 Å². The molecule has 1 aromatic rings. The first-order valence-corrected chi connectivity index (χ1v) is 3.66. The van der Waals surface area contributed by atoms with Crippen molar-refractivity contribution in [1.82, 2.24) is 0 Å². The molecule has 2 heteroatoms. The second-order valence-electron chi connectivity index (χ2n) is 2.07. The lowest BCUT2D eigenvalue weighted by Gasteiger charge is -1.96. The fourth-order valence-corrected chi connectivity index (χ4v) is 0.984. The summed E-state index contributed by atoms with van der Waals surface area (Å²) in [5, 5.41) is 0.619. The van der Waals surface area contributed by atoms with Crippen LogP contribution in [0.1, 0.15) is 5.56 Å². The predicted octanol–water partition coefficient (Wildman–Crippen LogP) is 2.87. The van der Waals surface area contributed by atoms with E-state index in [1.165, 1.54) is 6.26 Å². The lowest BCUT2D eigenvalue weighted by molar-refractivity contribution is 0.340. The average molecular weight is 169 g/mol. The summed E-state index contributed by atoms with van der Waals surface area (Å²) >= 11 is 5.84. The second-order valence-corrected chi connectivity index (χ2v) is 2.47. The SMILES string of the molecule is CO/C=C(\Cl)c1ccccc1. The Morgan fingerprint density at radius 1 is 1.36 bits per heavy atom. The zero-order valence-electron chi connectivity index (χ0n) is 6.25. The number of ether oxygens (including phenoxy) is 1. The van der Waals surface area contributed by atoms with Gasteiger partial charge in [0.05, 0.1) is 12.1 Å². The molecule has 0 spiro atoms. The average Bonchev–Trinajstić information content (AvgIpc) is 2.07. The van der Waals surface area contributed by atoms with Crippen LogP contribution in [0.5, 0.6) is 0 Å². The van der Waals surface area contributed by atoms with Crippen molar-refractivity contribution in [2.75, 3.05) is 7.11 Å². The molecule has 0 saturated carbocycles. The molecule has 0 saturated heterocycles. The summed E-state index contributed by atoms with van der Waals surface area (Å²) in [6.07, 6.45) is 1.51. The number of hydrogen-bond donors (Lipinski definition) is 0.